The first-order valence-electron chi connectivity index (χ1n) is 9.55. The SMILES string of the molecule is C(=C1S[C@@H]2C3CC([C@H]4SC(=Cc5ccccc5)S[C@@H]34)[C@@H]2S1)c1ccccc1. The highest BCUT2D eigenvalue weighted by atomic mass is 32.2. The van der Waals surface area contributed by atoms with Crippen LogP contribution in [0.15, 0.2) is 69.1 Å². The lowest BCUT2D eigenvalue weighted by atomic mass is 9.98. The average molecular weight is 425 g/mol. The molecule has 2 aromatic carbocycles. The van der Waals surface area contributed by atoms with Crippen molar-refractivity contribution in [3.05, 3.63) is 80.3 Å². The molecule has 0 amide bonds. The Morgan fingerprint density at radius 2 is 0.926 bits per heavy atom. The average Bonchev–Trinajstić information content (AvgIpc) is 3.42. The van der Waals surface area contributed by atoms with Crippen molar-refractivity contribution in [2.75, 3.05) is 0 Å². The Bertz CT molecular complexity index is 801. The quantitative estimate of drug-likeness (QED) is 0.505. The summed E-state index contributed by atoms with van der Waals surface area (Å²) in [5.41, 5.74) is 2.69. The minimum atomic E-state index is 0.834. The van der Waals surface area contributed by atoms with E-state index in [4.69, 9.17) is 0 Å². The summed E-state index contributed by atoms with van der Waals surface area (Å²) in [6.45, 7) is 0. The Hall–Kier alpha value is -0.680. The highest BCUT2D eigenvalue weighted by Crippen LogP contribution is 2.71. The predicted molar refractivity (Wildman–Crippen MR) is 126 cm³/mol. The molecule has 0 spiro atoms. The van der Waals surface area contributed by atoms with Crippen LogP contribution < -0.4 is 0 Å². The van der Waals surface area contributed by atoms with Gasteiger partial charge in [0.1, 0.15) is 0 Å². The molecule has 2 aliphatic carbocycles. The molecule has 4 heteroatoms. The number of benzene rings is 2. The number of fused-ring (bicyclic) bond motifs is 8. The Morgan fingerprint density at radius 3 is 1.30 bits per heavy atom. The zero-order valence-electron chi connectivity index (χ0n) is 14.7. The number of rotatable bonds is 2. The first-order chi connectivity index (χ1) is 13.3. The van der Waals surface area contributed by atoms with E-state index >= 15 is 0 Å². The fourth-order valence-electron chi connectivity index (χ4n) is 4.92. The molecule has 0 aromatic heterocycles. The van der Waals surface area contributed by atoms with Crippen molar-refractivity contribution in [3.63, 3.8) is 0 Å². The van der Waals surface area contributed by atoms with Gasteiger partial charge >= 0.3 is 0 Å². The topological polar surface area (TPSA) is 0 Å². The van der Waals surface area contributed by atoms with Crippen LogP contribution in [-0.4, -0.2) is 21.0 Å². The first-order valence-corrected chi connectivity index (χ1v) is 13.1. The largest absolute Gasteiger partial charge is 0.114 e. The molecule has 2 saturated heterocycles. The molecule has 27 heavy (non-hydrogen) atoms. The molecule has 0 N–H and O–H groups in total. The van der Waals surface area contributed by atoms with Gasteiger partial charge in [0.15, 0.2) is 0 Å². The molecular weight excluding hydrogens is 405 g/mol. The minimum Gasteiger partial charge on any atom is -0.114 e. The molecule has 2 heterocycles. The first kappa shape index (κ1) is 17.2. The lowest BCUT2D eigenvalue weighted by molar-refractivity contribution is 0.536. The molecule has 2 unspecified atom stereocenters. The molecule has 4 aliphatic rings. The van der Waals surface area contributed by atoms with Gasteiger partial charge < -0.3 is 0 Å². The van der Waals surface area contributed by atoms with Gasteiger partial charge in [-0.05, 0) is 41.5 Å². The van der Waals surface area contributed by atoms with Gasteiger partial charge in [-0.3, -0.25) is 0 Å². The molecule has 2 aliphatic heterocycles. The monoisotopic (exact) mass is 424 g/mol. The number of hydrogen-bond acceptors (Lipinski definition) is 4. The van der Waals surface area contributed by atoms with E-state index in [1.54, 1.807) is 8.47 Å². The fraction of sp³-hybridized carbons (Fsp3) is 0.304. The maximum atomic E-state index is 2.41. The van der Waals surface area contributed by atoms with Gasteiger partial charge in [0.2, 0.25) is 0 Å². The summed E-state index contributed by atoms with van der Waals surface area (Å²) in [7, 11) is 0. The van der Waals surface area contributed by atoms with Crippen LogP contribution >= 0.6 is 47.0 Å². The second-order valence-corrected chi connectivity index (χ2v) is 13.0. The van der Waals surface area contributed by atoms with Crippen LogP contribution in [0.5, 0.6) is 0 Å². The van der Waals surface area contributed by atoms with E-state index in [0.717, 1.165) is 32.8 Å². The van der Waals surface area contributed by atoms with Crippen LogP contribution in [0, 0.1) is 11.8 Å². The summed E-state index contributed by atoms with van der Waals surface area (Å²) in [5, 5.41) is 3.33. The second kappa shape index (κ2) is 6.98. The minimum absolute atomic E-state index is 0.834. The molecule has 2 saturated carbocycles. The summed E-state index contributed by atoms with van der Waals surface area (Å²) in [4.78, 5) is 0. The molecule has 2 aromatic rings. The Labute approximate surface area is 178 Å². The smallest absolute Gasteiger partial charge is 0.0413 e. The van der Waals surface area contributed by atoms with Gasteiger partial charge in [0.05, 0.1) is 0 Å². The van der Waals surface area contributed by atoms with Gasteiger partial charge in [-0.1, -0.05) is 60.7 Å². The standard InChI is InChI=1S/C23H20S4/c1-3-7-14(8-4-1)11-18-24-20-16-13-17(21(20)25-18)23-22(16)26-19(27-23)12-15-9-5-2-6-10-15/h1-12,16-17,20-23H,13H2/t16?,17?,20-,21+,22+,23-. The fourth-order valence-corrected chi connectivity index (χ4v) is 12.6. The normalized spacial score (nSPS) is 39.3. The summed E-state index contributed by atoms with van der Waals surface area (Å²) in [5.74, 6) is 1.78. The van der Waals surface area contributed by atoms with Gasteiger partial charge in [-0.2, -0.15) is 0 Å². The zero-order chi connectivity index (χ0) is 17.8. The van der Waals surface area contributed by atoms with E-state index < -0.39 is 0 Å². The van der Waals surface area contributed by atoms with E-state index in [9.17, 15) is 0 Å². The van der Waals surface area contributed by atoms with Crippen molar-refractivity contribution in [2.24, 2.45) is 11.8 Å². The van der Waals surface area contributed by atoms with Gasteiger partial charge in [0.25, 0.3) is 0 Å². The summed E-state index contributed by atoms with van der Waals surface area (Å²) in [6.07, 6.45) is 6.27. The third-order valence-electron chi connectivity index (χ3n) is 6.06. The van der Waals surface area contributed by atoms with Gasteiger partial charge in [-0.15, -0.1) is 47.0 Å². The maximum Gasteiger partial charge on any atom is 0.0413 e. The second-order valence-electron chi connectivity index (χ2n) is 7.64. The summed E-state index contributed by atoms with van der Waals surface area (Å²) >= 11 is 8.70. The van der Waals surface area contributed by atoms with E-state index in [2.05, 4.69) is 120 Å². The van der Waals surface area contributed by atoms with E-state index in [0.29, 0.717) is 0 Å². The Balaban J connectivity index is 1.21. The summed E-state index contributed by atoms with van der Waals surface area (Å²) in [6, 6.07) is 21.6. The van der Waals surface area contributed by atoms with Crippen molar-refractivity contribution in [1.29, 1.82) is 0 Å². The molecule has 0 radical (unpaired) electrons. The van der Waals surface area contributed by atoms with Crippen molar-refractivity contribution < 1.29 is 0 Å². The van der Waals surface area contributed by atoms with Crippen molar-refractivity contribution in [1.82, 2.24) is 0 Å². The predicted octanol–water partition coefficient (Wildman–Crippen LogP) is 7.07. The van der Waals surface area contributed by atoms with E-state index in [1.807, 2.05) is 0 Å². The summed E-state index contributed by atoms with van der Waals surface area (Å²) < 4.78 is 3.09. The zero-order valence-corrected chi connectivity index (χ0v) is 18.0. The molecule has 4 fully saturated rings. The molecule has 136 valence electrons. The third kappa shape index (κ3) is 3.04. The Morgan fingerprint density at radius 1 is 0.556 bits per heavy atom. The van der Waals surface area contributed by atoms with Gasteiger partial charge in [0, 0.05) is 29.5 Å². The Kier molecular flexibility index (Phi) is 4.45. The van der Waals surface area contributed by atoms with E-state index in [1.165, 1.54) is 17.5 Å². The van der Waals surface area contributed by atoms with Crippen LogP contribution in [0.3, 0.4) is 0 Å². The highest BCUT2D eigenvalue weighted by molar-refractivity contribution is 8.27. The number of thioether (sulfide) groups is 4. The van der Waals surface area contributed by atoms with Crippen molar-refractivity contribution >= 4 is 59.2 Å². The van der Waals surface area contributed by atoms with Gasteiger partial charge in [-0.25, -0.2) is 0 Å². The molecule has 2 bridgehead atoms. The third-order valence-corrected chi connectivity index (χ3v) is 12.6. The molecule has 0 nitrogen and oxygen atoms in total. The van der Waals surface area contributed by atoms with Crippen LogP contribution in [-0.2, 0) is 0 Å². The highest BCUT2D eigenvalue weighted by Gasteiger charge is 2.63. The lowest BCUT2D eigenvalue weighted by Gasteiger charge is -2.30. The van der Waals surface area contributed by atoms with Crippen LogP contribution in [0.2, 0.25) is 0 Å². The molecule has 6 rings (SSSR count). The number of hydrogen-bond donors (Lipinski definition) is 0. The lowest BCUT2D eigenvalue weighted by Crippen LogP contribution is -2.38. The van der Waals surface area contributed by atoms with Crippen LogP contribution in [0.1, 0.15) is 17.5 Å². The maximum absolute atomic E-state index is 2.41. The van der Waals surface area contributed by atoms with Crippen molar-refractivity contribution in [2.45, 2.75) is 27.4 Å². The van der Waals surface area contributed by atoms with Crippen LogP contribution in [0.4, 0.5) is 0 Å². The molecular formula is C23H20S4. The van der Waals surface area contributed by atoms with Crippen LogP contribution in [0.25, 0.3) is 12.2 Å². The van der Waals surface area contributed by atoms with E-state index in [-0.39, 0.29) is 0 Å². The van der Waals surface area contributed by atoms with Crippen molar-refractivity contribution in [3.8, 4) is 0 Å². The molecule has 6 atom stereocenters.